The van der Waals surface area contributed by atoms with E-state index in [2.05, 4.69) is 44.8 Å². The van der Waals surface area contributed by atoms with Crippen LogP contribution in [0.2, 0.25) is 5.82 Å². The van der Waals surface area contributed by atoms with Crippen LogP contribution in [0.4, 0.5) is 0 Å². The first-order valence-corrected chi connectivity index (χ1v) is 8.75. The van der Waals surface area contributed by atoms with Gasteiger partial charge in [-0.1, -0.05) is 45.4 Å². The van der Waals surface area contributed by atoms with Crippen molar-refractivity contribution in [3.05, 3.63) is 11.9 Å². The van der Waals surface area contributed by atoms with E-state index in [1.54, 1.807) is 0 Å². The quantitative estimate of drug-likeness (QED) is 0.365. The summed E-state index contributed by atoms with van der Waals surface area (Å²) in [6, 6.07) is 0. The Bertz CT molecular complexity index is 171. The smallest absolute Gasteiger partial charge is 0.0699 e. The summed E-state index contributed by atoms with van der Waals surface area (Å²) in [5.41, 5.74) is 0. The molecule has 0 aromatic rings. The van der Waals surface area contributed by atoms with E-state index in [0.29, 0.717) is 11.7 Å². The van der Waals surface area contributed by atoms with Gasteiger partial charge in [-0.05, 0) is 37.8 Å². The van der Waals surface area contributed by atoms with Crippen LogP contribution in [-0.4, -0.2) is 26.9 Å². The molecule has 0 aromatic heterocycles. The summed E-state index contributed by atoms with van der Waals surface area (Å²) >= 11 is 4.21. The molecule has 2 atom stereocenters. The third-order valence-corrected chi connectivity index (χ3v) is 3.60. The molecule has 15 heavy (non-hydrogen) atoms. The Morgan fingerprint density at radius 2 is 2.07 bits per heavy atom. The van der Waals surface area contributed by atoms with Gasteiger partial charge in [0.25, 0.3) is 0 Å². The first kappa shape index (κ1) is 15.6. The fourth-order valence-corrected chi connectivity index (χ4v) is 2.31. The molecule has 0 N–H and O–H groups in total. The van der Waals surface area contributed by atoms with E-state index < -0.39 is 0 Å². The van der Waals surface area contributed by atoms with Gasteiger partial charge in [0, 0.05) is 0 Å². The lowest BCUT2D eigenvalue weighted by atomic mass is 9.76. The SMILES string of the molecule is [B]C(CCCS)CC(/C=C/P(C)C)CC. The molecule has 0 aliphatic rings. The molecule has 2 unspecified atom stereocenters. The molecule has 0 rings (SSSR count). The van der Waals surface area contributed by atoms with Gasteiger partial charge in [-0.2, -0.15) is 12.6 Å². The molecule has 3 heteroatoms. The van der Waals surface area contributed by atoms with E-state index >= 15 is 0 Å². The van der Waals surface area contributed by atoms with E-state index in [1.807, 2.05) is 0 Å². The van der Waals surface area contributed by atoms with Gasteiger partial charge in [0.1, 0.15) is 0 Å². The second kappa shape index (κ2) is 9.79. The minimum Gasteiger partial charge on any atom is -0.179 e. The van der Waals surface area contributed by atoms with Crippen molar-refractivity contribution in [3.8, 4) is 0 Å². The summed E-state index contributed by atoms with van der Waals surface area (Å²) < 4.78 is 0. The number of hydrogen-bond donors (Lipinski definition) is 1. The third-order valence-electron chi connectivity index (χ3n) is 2.52. The highest BCUT2D eigenvalue weighted by Crippen LogP contribution is 2.30. The minimum absolute atomic E-state index is 0.0917. The fraction of sp³-hybridized carbons (Fsp3) is 0.833. The molecule has 0 saturated heterocycles. The fourth-order valence-electron chi connectivity index (χ4n) is 1.54. The predicted octanol–water partition coefficient (Wildman–Crippen LogP) is 4.32. The summed E-state index contributed by atoms with van der Waals surface area (Å²) in [6.45, 7) is 6.80. The standard InChI is InChI=1S/C12H24BPS/c1-4-11(7-8-14(2)3)10-12(13)6-5-9-15/h7-8,11-12,15H,4-6,9-10H2,1-3H3/b8-7+. The van der Waals surface area contributed by atoms with E-state index in [1.165, 1.54) is 6.42 Å². The van der Waals surface area contributed by atoms with Gasteiger partial charge in [-0.25, -0.2) is 0 Å². The summed E-state index contributed by atoms with van der Waals surface area (Å²) in [6.07, 6.45) is 6.95. The largest absolute Gasteiger partial charge is 0.179 e. The van der Waals surface area contributed by atoms with Crippen molar-refractivity contribution in [2.75, 3.05) is 19.1 Å². The monoisotopic (exact) mass is 242 g/mol. The van der Waals surface area contributed by atoms with Gasteiger partial charge < -0.3 is 0 Å². The summed E-state index contributed by atoms with van der Waals surface area (Å²) in [4.78, 5) is 0. The van der Waals surface area contributed by atoms with Crippen LogP contribution >= 0.6 is 20.6 Å². The van der Waals surface area contributed by atoms with Crippen molar-refractivity contribution in [1.82, 2.24) is 0 Å². The molecule has 0 fully saturated rings. The summed E-state index contributed by atoms with van der Waals surface area (Å²) in [7, 11) is 6.17. The van der Waals surface area contributed by atoms with E-state index in [-0.39, 0.29) is 7.92 Å². The van der Waals surface area contributed by atoms with Crippen LogP contribution < -0.4 is 0 Å². The van der Waals surface area contributed by atoms with Crippen LogP contribution in [0.25, 0.3) is 0 Å². The molecule has 0 aromatic carbocycles. The van der Waals surface area contributed by atoms with Gasteiger partial charge in [0.15, 0.2) is 0 Å². The molecule has 0 saturated carbocycles. The third kappa shape index (κ3) is 9.51. The van der Waals surface area contributed by atoms with Crippen LogP contribution in [0.1, 0.15) is 32.6 Å². The topological polar surface area (TPSA) is 0 Å². The van der Waals surface area contributed by atoms with Crippen molar-refractivity contribution in [2.24, 2.45) is 5.92 Å². The molecule has 0 spiro atoms. The minimum atomic E-state index is 0.0917. The van der Waals surface area contributed by atoms with E-state index in [4.69, 9.17) is 7.85 Å². The number of allylic oxidation sites excluding steroid dienone is 1. The Hall–Kier alpha value is 0.585. The molecular weight excluding hydrogens is 218 g/mol. The van der Waals surface area contributed by atoms with Crippen molar-refractivity contribution >= 4 is 28.4 Å². The van der Waals surface area contributed by atoms with Crippen molar-refractivity contribution < 1.29 is 0 Å². The van der Waals surface area contributed by atoms with Crippen molar-refractivity contribution in [3.63, 3.8) is 0 Å². The summed E-state index contributed by atoms with van der Waals surface area (Å²) in [5, 5.41) is 0. The van der Waals surface area contributed by atoms with Crippen LogP contribution in [0.15, 0.2) is 11.9 Å². The van der Waals surface area contributed by atoms with Gasteiger partial charge in [0.2, 0.25) is 0 Å². The maximum Gasteiger partial charge on any atom is 0.0699 e. The number of thiol groups is 1. The zero-order valence-corrected chi connectivity index (χ0v) is 12.1. The first-order chi connectivity index (χ1) is 7.10. The van der Waals surface area contributed by atoms with Crippen LogP contribution in [0.3, 0.4) is 0 Å². The second-order valence-corrected chi connectivity index (χ2v) is 7.01. The Balaban J connectivity index is 3.87. The normalized spacial score (nSPS) is 16.1. The van der Waals surface area contributed by atoms with Gasteiger partial charge in [-0.15, -0.1) is 0 Å². The maximum absolute atomic E-state index is 6.08. The molecule has 2 radical (unpaired) electrons. The first-order valence-electron chi connectivity index (χ1n) is 5.81. The summed E-state index contributed by atoms with van der Waals surface area (Å²) in [5.74, 6) is 4.33. The highest BCUT2D eigenvalue weighted by Gasteiger charge is 2.08. The Morgan fingerprint density at radius 1 is 1.40 bits per heavy atom. The molecule has 0 heterocycles. The van der Waals surface area contributed by atoms with Crippen LogP contribution in [0.5, 0.6) is 0 Å². The molecule has 86 valence electrons. The lowest BCUT2D eigenvalue weighted by molar-refractivity contribution is 0.528. The zero-order chi connectivity index (χ0) is 11.7. The van der Waals surface area contributed by atoms with Gasteiger partial charge in [-0.3, -0.25) is 0 Å². The lowest BCUT2D eigenvalue weighted by Gasteiger charge is -2.17. The Kier molecular flexibility index (Phi) is 10.2. The van der Waals surface area contributed by atoms with Crippen molar-refractivity contribution in [2.45, 2.75) is 38.4 Å². The number of rotatable bonds is 8. The maximum atomic E-state index is 6.08. The molecule has 0 amide bonds. The number of hydrogen-bond acceptors (Lipinski definition) is 1. The van der Waals surface area contributed by atoms with Crippen LogP contribution in [0, 0.1) is 5.92 Å². The average molecular weight is 242 g/mol. The second-order valence-electron chi connectivity index (χ2n) is 4.34. The van der Waals surface area contributed by atoms with E-state index in [9.17, 15) is 0 Å². The zero-order valence-electron chi connectivity index (χ0n) is 10.3. The van der Waals surface area contributed by atoms with Gasteiger partial charge in [0.05, 0.1) is 7.85 Å². The predicted molar refractivity (Wildman–Crippen MR) is 78.9 cm³/mol. The van der Waals surface area contributed by atoms with Crippen molar-refractivity contribution in [1.29, 1.82) is 0 Å². The highest BCUT2D eigenvalue weighted by atomic mass is 32.1. The molecule has 0 nitrogen and oxygen atoms in total. The lowest BCUT2D eigenvalue weighted by Crippen LogP contribution is -2.02. The Labute approximate surface area is 104 Å². The molecular formula is C12H24BPS. The molecule has 0 aliphatic heterocycles. The Morgan fingerprint density at radius 3 is 2.53 bits per heavy atom. The van der Waals surface area contributed by atoms with E-state index in [0.717, 1.165) is 25.0 Å². The molecule has 0 bridgehead atoms. The van der Waals surface area contributed by atoms with Crippen LogP contribution in [-0.2, 0) is 0 Å². The van der Waals surface area contributed by atoms with Gasteiger partial charge >= 0.3 is 0 Å². The highest BCUT2D eigenvalue weighted by molar-refractivity contribution is 7.80. The molecule has 0 aliphatic carbocycles. The average Bonchev–Trinajstić information content (AvgIpc) is 2.20.